The van der Waals surface area contributed by atoms with E-state index in [2.05, 4.69) is 20.6 Å². The van der Waals surface area contributed by atoms with Crippen molar-refractivity contribution in [2.75, 3.05) is 11.9 Å². The summed E-state index contributed by atoms with van der Waals surface area (Å²) in [5, 5.41) is 23.2. The summed E-state index contributed by atoms with van der Waals surface area (Å²) in [6.07, 6.45) is 6.57. The number of non-ortho nitro benzene ring substituents is 1. The Bertz CT molecular complexity index is 771. The van der Waals surface area contributed by atoms with Crippen molar-refractivity contribution >= 4 is 22.1 Å². The first kappa shape index (κ1) is 13.0. The molecule has 0 atom stereocenters. The lowest BCUT2D eigenvalue weighted by molar-refractivity contribution is -0.383. The maximum absolute atomic E-state index is 11.0. The van der Waals surface area contributed by atoms with Gasteiger partial charge in [-0.1, -0.05) is 5.21 Å². The predicted octanol–water partition coefficient (Wildman–Crippen LogP) is 1.85. The van der Waals surface area contributed by atoms with Gasteiger partial charge in [-0.05, 0) is 12.1 Å². The molecular formula is C13H12N6O2. The summed E-state index contributed by atoms with van der Waals surface area (Å²) in [7, 11) is 0. The van der Waals surface area contributed by atoms with Crippen molar-refractivity contribution in [1.29, 1.82) is 0 Å². The Hall–Kier alpha value is -3.03. The Balaban J connectivity index is 1.85. The Morgan fingerprint density at radius 2 is 2.14 bits per heavy atom. The van der Waals surface area contributed by atoms with Crippen LogP contribution in [0, 0.1) is 10.1 Å². The average Bonchev–Trinajstić information content (AvgIpc) is 3.00. The highest BCUT2D eigenvalue weighted by Gasteiger charge is 2.13. The van der Waals surface area contributed by atoms with E-state index >= 15 is 0 Å². The van der Waals surface area contributed by atoms with Gasteiger partial charge in [0.05, 0.1) is 23.1 Å². The second-order valence-corrected chi connectivity index (χ2v) is 4.40. The quantitative estimate of drug-likeness (QED) is 0.567. The number of anilines is 1. The van der Waals surface area contributed by atoms with E-state index in [1.54, 1.807) is 41.6 Å². The number of hydrogen-bond donors (Lipinski definition) is 1. The molecule has 0 saturated heterocycles. The van der Waals surface area contributed by atoms with E-state index in [4.69, 9.17) is 0 Å². The van der Waals surface area contributed by atoms with Crippen molar-refractivity contribution in [2.24, 2.45) is 0 Å². The van der Waals surface area contributed by atoms with Crippen molar-refractivity contribution in [3.05, 3.63) is 53.1 Å². The zero-order chi connectivity index (χ0) is 14.7. The van der Waals surface area contributed by atoms with Gasteiger partial charge in [0.1, 0.15) is 0 Å². The highest BCUT2D eigenvalue weighted by atomic mass is 16.6. The maximum Gasteiger partial charge on any atom is 0.277 e. The third-order valence-electron chi connectivity index (χ3n) is 3.12. The number of rotatable bonds is 5. The zero-order valence-corrected chi connectivity index (χ0v) is 11.0. The van der Waals surface area contributed by atoms with Crippen LogP contribution in [0.15, 0.2) is 43.0 Å². The number of benzene rings is 1. The summed E-state index contributed by atoms with van der Waals surface area (Å²) >= 11 is 0. The second-order valence-electron chi connectivity index (χ2n) is 4.40. The van der Waals surface area contributed by atoms with Crippen LogP contribution in [0.1, 0.15) is 0 Å². The number of aromatic nitrogens is 4. The first-order valence-electron chi connectivity index (χ1n) is 6.35. The Morgan fingerprint density at radius 1 is 1.24 bits per heavy atom. The van der Waals surface area contributed by atoms with Crippen LogP contribution in [0.4, 0.5) is 11.4 Å². The van der Waals surface area contributed by atoms with Crippen molar-refractivity contribution < 1.29 is 4.92 Å². The molecule has 2 heterocycles. The molecule has 1 N–H and O–H groups in total. The van der Waals surface area contributed by atoms with Gasteiger partial charge < -0.3 is 5.32 Å². The van der Waals surface area contributed by atoms with Crippen LogP contribution in [0.3, 0.4) is 0 Å². The van der Waals surface area contributed by atoms with Gasteiger partial charge in [-0.3, -0.25) is 19.8 Å². The fraction of sp³-hybridized carbons (Fsp3) is 0.154. The van der Waals surface area contributed by atoms with Crippen LogP contribution < -0.4 is 5.32 Å². The minimum Gasteiger partial charge on any atom is -0.383 e. The summed E-state index contributed by atoms with van der Waals surface area (Å²) in [5.74, 6) is 0. The minimum absolute atomic E-state index is 0.0780. The number of pyridine rings is 1. The normalized spacial score (nSPS) is 10.7. The molecule has 3 rings (SSSR count). The van der Waals surface area contributed by atoms with Gasteiger partial charge in [0, 0.05) is 42.3 Å². The molecule has 0 radical (unpaired) electrons. The molecule has 0 saturated carbocycles. The van der Waals surface area contributed by atoms with Crippen molar-refractivity contribution in [3.8, 4) is 0 Å². The van der Waals surface area contributed by atoms with E-state index in [9.17, 15) is 10.1 Å². The molecule has 106 valence electrons. The molecular weight excluding hydrogens is 272 g/mol. The molecule has 2 aromatic heterocycles. The molecule has 0 spiro atoms. The Kier molecular flexibility index (Phi) is 3.42. The first-order valence-corrected chi connectivity index (χ1v) is 6.35. The number of fused-ring (bicyclic) bond motifs is 1. The van der Waals surface area contributed by atoms with Gasteiger partial charge in [-0.2, -0.15) is 0 Å². The molecule has 8 nitrogen and oxygen atoms in total. The van der Waals surface area contributed by atoms with Crippen LogP contribution >= 0.6 is 0 Å². The molecule has 1 aromatic carbocycles. The first-order chi connectivity index (χ1) is 10.3. The van der Waals surface area contributed by atoms with Crippen LogP contribution in [-0.2, 0) is 6.54 Å². The smallest absolute Gasteiger partial charge is 0.277 e. The summed E-state index contributed by atoms with van der Waals surface area (Å²) < 4.78 is 1.71. The molecule has 0 aliphatic rings. The maximum atomic E-state index is 11.0. The summed E-state index contributed by atoms with van der Waals surface area (Å²) in [4.78, 5) is 14.7. The monoisotopic (exact) mass is 284 g/mol. The number of nitro benzene ring substituents is 1. The fourth-order valence-corrected chi connectivity index (χ4v) is 2.14. The highest BCUT2D eigenvalue weighted by Crippen LogP contribution is 2.30. The third-order valence-corrected chi connectivity index (χ3v) is 3.12. The lowest BCUT2D eigenvalue weighted by Gasteiger charge is -2.09. The van der Waals surface area contributed by atoms with Crippen LogP contribution in [0.2, 0.25) is 0 Å². The topological polar surface area (TPSA) is 98.8 Å². The molecule has 8 heteroatoms. The van der Waals surface area contributed by atoms with Gasteiger partial charge >= 0.3 is 0 Å². The summed E-state index contributed by atoms with van der Waals surface area (Å²) in [6.45, 7) is 1.28. The standard InChI is InChI=1S/C13H12N6O2/c20-19(21)13-2-1-12(11-9-14-4-3-10(11)13)15-5-7-18-8-6-16-17-18/h1-4,6,8-9,15H,5,7H2. The molecule has 21 heavy (non-hydrogen) atoms. The van der Waals surface area contributed by atoms with E-state index in [0.29, 0.717) is 18.5 Å². The van der Waals surface area contributed by atoms with Gasteiger partial charge in [0.25, 0.3) is 5.69 Å². The van der Waals surface area contributed by atoms with Gasteiger partial charge in [-0.25, -0.2) is 0 Å². The minimum atomic E-state index is -0.387. The number of nitrogens with zero attached hydrogens (tertiary/aromatic N) is 5. The predicted molar refractivity (Wildman–Crippen MR) is 76.9 cm³/mol. The average molecular weight is 284 g/mol. The van der Waals surface area contributed by atoms with Crippen molar-refractivity contribution in [2.45, 2.75) is 6.54 Å². The fourth-order valence-electron chi connectivity index (χ4n) is 2.14. The lowest BCUT2D eigenvalue weighted by Crippen LogP contribution is -2.11. The Labute approximate surface area is 119 Å². The number of nitro groups is 1. The van der Waals surface area contributed by atoms with Gasteiger partial charge in [0.15, 0.2) is 0 Å². The lowest BCUT2D eigenvalue weighted by atomic mass is 10.1. The molecule has 0 bridgehead atoms. The molecule has 0 aliphatic carbocycles. The van der Waals surface area contributed by atoms with Crippen LogP contribution in [-0.4, -0.2) is 31.4 Å². The van der Waals surface area contributed by atoms with Gasteiger partial charge in [0.2, 0.25) is 0 Å². The number of hydrogen-bond acceptors (Lipinski definition) is 6. The van der Waals surface area contributed by atoms with E-state index in [0.717, 1.165) is 11.1 Å². The largest absolute Gasteiger partial charge is 0.383 e. The molecule has 0 aliphatic heterocycles. The summed E-state index contributed by atoms with van der Waals surface area (Å²) in [6, 6.07) is 4.85. The van der Waals surface area contributed by atoms with E-state index in [1.807, 2.05) is 0 Å². The third kappa shape index (κ3) is 2.64. The molecule has 0 amide bonds. The SMILES string of the molecule is O=[N+]([O-])c1ccc(NCCn2ccnn2)c2cnccc12. The Morgan fingerprint density at radius 3 is 2.90 bits per heavy atom. The van der Waals surface area contributed by atoms with Crippen LogP contribution in [0.5, 0.6) is 0 Å². The number of nitrogens with one attached hydrogen (secondary N) is 1. The summed E-state index contributed by atoms with van der Waals surface area (Å²) in [5.41, 5.74) is 0.887. The van der Waals surface area contributed by atoms with E-state index < -0.39 is 0 Å². The van der Waals surface area contributed by atoms with E-state index in [-0.39, 0.29) is 10.6 Å². The van der Waals surface area contributed by atoms with Crippen LogP contribution in [0.25, 0.3) is 10.8 Å². The second kappa shape index (κ2) is 5.53. The zero-order valence-electron chi connectivity index (χ0n) is 11.0. The molecule has 3 aromatic rings. The molecule has 0 unspecified atom stereocenters. The van der Waals surface area contributed by atoms with Gasteiger partial charge in [-0.15, -0.1) is 5.10 Å². The van der Waals surface area contributed by atoms with Crippen molar-refractivity contribution in [1.82, 2.24) is 20.0 Å². The molecule has 0 fully saturated rings. The highest BCUT2D eigenvalue weighted by molar-refractivity contribution is 5.99. The van der Waals surface area contributed by atoms with E-state index in [1.165, 1.54) is 6.07 Å². The van der Waals surface area contributed by atoms with Crippen molar-refractivity contribution in [3.63, 3.8) is 0 Å².